The quantitative estimate of drug-likeness (QED) is 0.166. The van der Waals surface area contributed by atoms with Crippen molar-refractivity contribution in [3.05, 3.63) is 107 Å². The fraction of sp³-hybridized carbons (Fsp3) is 0.115. The minimum absolute atomic E-state index is 0.0281. The van der Waals surface area contributed by atoms with Crippen molar-refractivity contribution < 1.29 is 14.5 Å². The molecular formula is C26H20N4O4. The van der Waals surface area contributed by atoms with Gasteiger partial charge in [0.25, 0.3) is 5.69 Å². The number of pyridine rings is 1. The Morgan fingerprint density at radius 3 is 2.47 bits per heavy atom. The molecule has 2 aromatic carbocycles. The molecule has 0 bridgehead atoms. The second kappa shape index (κ2) is 10.2. The molecule has 2 aromatic heterocycles. The summed E-state index contributed by atoms with van der Waals surface area (Å²) in [5.74, 6) is 2.04. The SMILES string of the molecule is C#CCC(OC(=O)Cc1cn(-c2ccccc2)nc1-c1ccc([N+](=O)[O-])cc1)c1ccccn1. The van der Waals surface area contributed by atoms with Crippen molar-refractivity contribution >= 4 is 11.7 Å². The minimum atomic E-state index is -0.661. The number of benzene rings is 2. The van der Waals surface area contributed by atoms with E-state index < -0.39 is 17.0 Å². The number of hydrogen-bond acceptors (Lipinski definition) is 6. The molecule has 0 radical (unpaired) electrons. The maximum absolute atomic E-state index is 12.9. The average molecular weight is 452 g/mol. The number of carbonyl (C=O) groups is 1. The predicted octanol–water partition coefficient (Wildman–Crippen LogP) is 4.69. The second-order valence-corrected chi connectivity index (χ2v) is 7.41. The number of rotatable bonds is 8. The molecule has 4 aromatic rings. The number of ether oxygens (including phenoxy) is 1. The van der Waals surface area contributed by atoms with Crippen molar-refractivity contribution in [1.29, 1.82) is 0 Å². The number of carbonyl (C=O) groups excluding carboxylic acids is 1. The standard InChI is InChI=1S/C26H20N4O4/c1-2-8-24(23-11-6-7-16-27-23)34-25(31)17-20-18-29(21-9-4-3-5-10-21)28-26(20)19-12-14-22(15-13-19)30(32)33/h1,3-7,9-16,18,24H,8,17H2. The van der Waals surface area contributed by atoms with Crippen molar-refractivity contribution in [2.75, 3.05) is 0 Å². The zero-order valence-corrected chi connectivity index (χ0v) is 18.1. The van der Waals surface area contributed by atoms with E-state index in [1.54, 1.807) is 47.4 Å². The molecule has 8 heteroatoms. The van der Waals surface area contributed by atoms with Crippen LogP contribution in [0.1, 0.15) is 23.8 Å². The Morgan fingerprint density at radius 2 is 1.82 bits per heavy atom. The number of esters is 1. The monoisotopic (exact) mass is 452 g/mol. The Balaban J connectivity index is 1.64. The fourth-order valence-electron chi connectivity index (χ4n) is 3.47. The molecule has 0 saturated carbocycles. The highest BCUT2D eigenvalue weighted by Gasteiger charge is 2.21. The van der Waals surface area contributed by atoms with Crippen LogP contribution in [0, 0.1) is 22.5 Å². The maximum Gasteiger partial charge on any atom is 0.311 e. The molecule has 1 atom stereocenters. The van der Waals surface area contributed by atoms with Crippen molar-refractivity contribution in [2.45, 2.75) is 18.9 Å². The van der Waals surface area contributed by atoms with Gasteiger partial charge >= 0.3 is 5.97 Å². The number of nitro benzene ring substituents is 1. The number of nitrogens with zero attached hydrogens (tertiary/aromatic N) is 4. The highest BCUT2D eigenvalue weighted by Crippen LogP contribution is 2.27. The van der Waals surface area contributed by atoms with Gasteiger partial charge in [0.05, 0.1) is 34.8 Å². The first kappa shape index (κ1) is 22.4. The molecule has 0 aliphatic carbocycles. The Morgan fingerprint density at radius 1 is 1.09 bits per heavy atom. The number of nitro groups is 1. The summed E-state index contributed by atoms with van der Waals surface area (Å²) in [5.41, 5.74) is 3.14. The topological polar surface area (TPSA) is 100 Å². The molecule has 0 fully saturated rings. The van der Waals surface area contributed by atoms with E-state index in [-0.39, 0.29) is 18.5 Å². The van der Waals surface area contributed by atoms with Gasteiger partial charge in [-0.3, -0.25) is 19.9 Å². The second-order valence-electron chi connectivity index (χ2n) is 7.41. The van der Waals surface area contributed by atoms with Crippen LogP contribution < -0.4 is 0 Å². The van der Waals surface area contributed by atoms with Gasteiger partial charge < -0.3 is 4.74 Å². The van der Waals surface area contributed by atoms with E-state index in [0.717, 1.165) is 5.69 Å². The van der Waals surface area contributed by atoms with Crippen LogP contribution >= 0.6 is 0 Å². The number of terminal acetylenes is 1. The highest BCUT2D eigenvalue weighted by atomic mass is 16.6. The average Bonchev–Trinajstić information content (AvgIpc) is 3.28. The molecule has 0 saturated heterocycles. The Kier molecular flexibility index (Phi) is 6.75. The van der Waals surface area contributed by atoms with Gasteiger partial charge in [0.1, 0.15) is 0 Å². The van der Waals surface area contributed by atoms with Crippen molar-refractivity contribution in [3.63, 3.8) is 0 Å². The number of para-hydroxylation sites is 1. The first-order valence-corrected chi connectivity index (χ1v) is 10.5. The van der Waals surface area contributed by atoms with Gasteiger partial charge in [-0.1, -0.05) is 24.3 Å². The summed E-state index contributed by atoms with van der Waals surface area (Å²) < 4.78 is 7.33. The van der Waals surface area contributed by atoms with Crippen LogP contribution in [0.5, 0.6) is 0 Å². The van der Waals surface area contributed by atoms with E-state index in [4.69, 9.17) is 11.2 Å². The van der Waals surface area contributed by atoms with Gasteiger partial charge in [-0.15, -0.1) is 12.3 Å². The van der Waals surface area contributed by atoms with E-state index in [0.29, 0.717) is 22.5 Å². The zero-order valence-electron chi connectivity index (χ0n) is 18.1. The van der Waals surface area contributed by atoms with Crippen LogP contribution in [0.2, 0.25) is 0 Å². The lowest BCUT2D eigenvalue weighted by atomic mass is 10.1. The zero-order chi connectivity index (χ0) is 23.9. The molecule has 0 N–H and O–H groups in total. The summed E-state index contributed by atoms with van der Waals surface area (Å²) in [6.45, 7) is 0. The van der Waals surface area contributed by atoms with Crippen LogP contribution in [0.3, 0.4) is 0 Å². The van der Waals surface area contributed by atoms with E-state index in [2.05, 4.69) is 16.0 Å². The smallest absolute Gasteiger partial charge is 0.311 e. The van der Waals surface area contributed by atoms with Gasteiger partial charge in [0, 0.05) is 35.7 Å². The molecule has 0 spiro atoms. The van der Waals surface area contributed by atoms with E-state index in [9.17, 15) is 14.9 Å². The van der Waals surface area contributed by atoms with Gasteiger partial charge in [0.15, 0.2) is 6.10 Å². The fourth-order valence-corrected chi connectivity index (χ4v) is 3.47. The first-order chi connectivity index (χ1) is 16.5. The van der Waals surface area contributed by atoms with Crippen LogP contribution in [0.4, 0.5) is 5.69 Å². The molecular weight excluding hydrogens is 432 g/mol. The molecule has 34 heavy (non-hydrogen) atoms. The van der Waals surface area contributed by atoms with Crippen LogP contribution in [0.15, 0.2) is 85.2 Å². The third-order valence-corrected chi connectivity index (χ3v) is 5.09. The lowest BCUT2D eigenvalue weighted by Gasteiger charge is -2.15. The van der Waals surface area contributed by atoms with Crippen LogP contribution in [-0.4, -0.2) is 25.7 Å². The molecule has 4 rings (SSSR count). The molecule has 8 nitrogen and oxygen atoms in total. The number of hydrogen-bond donors (Lipinski definition) is 0. The number of aromatic nitrogens is 3. The largest absolute Gasteiger partial charge is 0.455 e. The minimum Gasteiger partial charge on any atom is -0.455 e. The summed E-state index contributed by atoms with van der Waals surface area (Å²) in [7, 11) is 0. The van der Waals surface area contributed by atoms with Gasteiger partial charge in [-0.05, 0) is 36.4 Å². The normalized spacial score (nSPS) is 11.4. The summed E-state index contributed by atoms with van der Waals surface area (Å²) >= 11 is 0. The lowest BCUT2D eigenvalue weighted by molar-refractivity contribution is -0.384. The van der Waals surface area contributed by atoms with E-state index in [1.165, 1.54) is 12.1 Å². The van der Waals surface area contributed by atoms with Crippen LogP contribution in [0.25, 0.3) is 16.9 Å². The Hall–Kier alpha value is -4.77. The molecule has 0 aliphatic heterocycles. The summed E-state index contributed by atoms with van der Waals surface area (Å²) in [6, 6.07) is 20.8. The molecule has 168 valence electrons. The van der Waals surface area contributed by atoms with Crippen molar-refractivity contribution in [2.24, 2.45) is 0 Å². The molecule has 0 amide bonds. The van der Waals surface area contributed by atoms with Gasteiger partial charge in [-0.25, -0.2) is 4.68 Å². The summed E-state index contributed by atoms with van der Waals surface area (Å²) in [5, 5.41) is 15.7. The van der Waals surface area contributed by atoms with Gasteiger partial charge in [-0.2, -0.15) is 5.10 Å². The Bertz CT molecular complexity index is 1330. The molecule has 2 heterocycles. The predicted molar refractivity (Wildman–Crippen MR) is 126 cm³/mol. The highest BCUT2D eigenvalue weighted by molar-refractivity contribution is 5.77. The third kappa shape index (κ3) is 5.16. The van der Waals surface area contributed by atoms with Gasteiger partial charge in [0.2, 0.25) is 0 Å². The van der Waals surface area contributed by atoms with E-state index >= 15 is 0 Å². The van der Waals surface area contributed by atoms with Crippen LogP contribution in [-0.2, 0) is 16.0 Å². The first-order valence-electron chi connectivity index (χ1n) is 10.5. The summed E-state index contributed by atoms with van der Waals surface area (Å²) in [4.78, 5) is 27.7. The third-order valence-electron chi connectivity index (χ3n) is 5.09. The number of non-ortho nitro benzene ring substituents is 1. The van der Waals surface area contributed by atoms with Crippen molar-refractivity contribution in [1.82, 2.24) is 14.8 Å². The summed E-state index contributed by atoms with van der Waals surface area (Å²) in [6.07, 6.45) is 8.31. The molecule has 0 aliphatic rings. The molecule has 1 unspecified atom stereocenters. The van der Waals surface area contributed by atoms with E-state index in [1.807, 2.05) is 30.3 Å². The van der Waals surface area contributed by atoms with Crippen molar-refractivity contribution in [3.8, 4) is 29.3 Å². The Labute approximate surface area is 196 Å². The maximum atomic E-state index is 12.9. The lowest BCUT2D eigenvalue weighted by Crippen LogP contribution is -2.14.